The summed E-state index contributed by atoms with van der Waals surface area (Å²) in [5.41, 5.74) is 2.14. The van der Waals surface area contributed by atoms with Crippen molar-refractivity contribution in [1.29, 1.82) is 0 Å². The fraction of sp³-hybridized carbons (Fsp3) is 0.385. The van der Waals surface area contributed by atoms with Crippen LogP contribution < -0.4 is 0 Å². The van der Waals surface area contributed by atoms with Crippen LogP contribution in [-0.2, 0) is 6.42 Å². The van der Waals surface area contributed by atoms with Gasteiger partial charge < -0.3 is 14.8 Å². The average molecular weight is 219 g/mol. The van der Waals surface area contributed by atoms with E-state index in [4.69, 9.17) is 5.11 Å². The summed E-state index contributed by atoms with van der Waals surface area (Å²) in [6.07, 6.45) is 0.646. The van der Waals surface area contributed by atoms with Crippen LogP contribution in [0.1, 0.15) is 25.6 Å². The molecule has 0 unspecified atom stereocenters. The van der Waals surface area contributed by atoms with Gasteiger partial charge in [0.1, 0.15) is 5.75 Å². The Kier molecular flexibility index (Phi) is 2.88. The number of aromatic nitrogens is 1. The minimum atomic E-state index is 0.148. The van der Waals surface area contributed by atoms with E-state index in [0.29, 0.717) is 12.5 Å². The normalized spacial score (nSPS) is 11.5. The van der Waals surface area contributed by atoms with Crippen molar-refractivity contribution in [1.82, 2.24) is 4.57 Å². The van der Waals surface area contributed by atoms with Crippen LogP contribution in [-0.4, -0.2) is 21.4 Å². The van der Waals surface area contributed by atoms with Crippen LogP contribution in [0.25, 0.3) is 10.9 Å². The van der Waals surface area contributed by atoms with E-state index in [1.165, 1.54) is 0 Å². The van der Waals surface area contributed by atoms with Crippen molar-refractivity contribution in [3.63, 3.8) is 0 Å². The molecule has 3 nitrogen and oxygen atoms in total. The van der Waals surface area contributed by atoms with Crippen molar-refractivity contribution in [2.24, 2.45) is 0 Å². The number of rotatable bonds is 3. The van der Waals surface area contributed by atoms with E-state index in [1.807, 2.05) is 6.07 Å². The van der Waals surface area contributed by atoms with Gasteiger partial charge in [0.05, 0.1) is 5.52 Å². The summed E-state index contributed by atoms with van der Waals surface area (Å²) < 4.78 is 2.16. The summed E-state index contributed by atoms with van der Waals surface area (Å²) in [5.74, 6) is 0.281. The predicted molar refractivity (Wildman–Crippen MR) is 64.8 cm³/mol. The van der Waals surface area contributed by atoms with Gasteiger partial charge >= 0.3 is 0 Å². The van der Waals surface area contributed by atoms with Gasteiger partial charge in [-0.25, -0.2) is 0 Å². The quantitative estimate of drug-likeness (QED) is 0.833. The topological polar surface area (TPSA) is 45.4 Å². The third-order valence-corrected chi connectivity index (χ3v) is 2.79. The number of aromatic hydroxyl groups is 1. The molecule has 86 valence electrons. The van der Waals surface area contributed by atoms with E-state index in [1.54, 1.807) is 12.1 Å². The van der Waals surface area contributed by atoms with Crippen molar-refractivity contribution in [3.8, 4) is 5.75 Å². The molecule has 0 radical (unpaired) electrons. The van der Waals surface area contributed by atoms with Crippen LogP contribution in [0, 0.1) is 0 Å². The zero-order valence-electron chi connectivity index (χ0n) is 9.64. The minimum Gasteiger partial charge on any atom is -0.508 e. The number of fused-ring (bicyclic) bond motifs is 1. The monoisotopic (exact) mass is 219 g/mol. The number of hydrogen-bond acceptors (Lipinski definition) is 2. The number of aliphatic hydroxyl groups excluding tert-OH is 1. The first kappa shape index (κ1) is 11.0. The molecule has 16 heavy (non-hydrogen) atoms. The molecule has 1 aromatic carbocycles. The lowest BCUT2D eigenvalue weighted by Crippen LogP contribution is -2.06. The average Bonchev–Trinajstić information content (AvgIpc) is 2.55. The minimum absolute atomic E-state index is 0.148. The predicted octanol–water partition coefficient (Wildman–Crippen LogP) is 2.46. The molecular weight excluding hydrogens is 202 g/mol. The molecule has 2 rings (SSSR count). The highest BCUT2D eigenvalue weighted by atomic mass is 16.3. The Bertz CT molecular complexity index is 500. The number of hydrogen-bond donors (Lipinski definition) is 2. The van der Waals surface area contributed by atoms with Crippen LogP contribution >= 0.6 is 0 Å². The molecule has 0 bridgehead atoms. The van der Waals surface area contributed by atoms with E-state index in [9.17, 15) is 5.11 Å². The highest BCUT2D eigenvalue weighted by Gasteiger charge is 2.11. The van der Waals surface area contributed by atoms with Crippen molar-refractivity contribution in [2.45, 2.75) is 26.3 Å². The molecule has 0 aliphatic rings. The summed E-state index contributed by atoms with van der Waals surface area (Å²) in [7, 11) is 0. The number of phenols is 1. The summed E-state index contributed by atoms with van der Waals surface area (Å²) in [6.45, 7) is 4.35. The molecule has 3 heteroatoms. The zero-order valence-corrected chi connectivity index (χ0v) is 9.64. The molecule has 0 saturated carbocycles. The van der Waals surface area contributed by atoms with Crippen LogP contribution in [0.4, 0.5) is 0 Å². The van der Waals surface area contributed by atoms with Gasteiger partial charge in [0, 0.05) is 36.2 Å². The zero-order chi connectivity index (χ0) is 11.7. The smallest absolute Gasteiger partial charge is 0.117 e. The third kappa shape index (κ3) is 1.78. The van der Waals surface area contributed by atoms with Crippen LogP contribution in [0.2, 0.25) is 0 Å². The second-order valence-corrected chi connectivity index (χ2v) is 4.32. The SMILES string of the molecule is CC(C)n1c(CCO)cc2ccc(O)cc21. The van der Waals surface area contributed by atoms with Gasteiger partial charge in [-0.1, -0.05) is 0 Å². The Hall–Kier alpha value is -1.48. The second kappa shape index (κ2) is 4.18. The second-order valence-electron chi connectivity index (χ2n) is 4.32. The number of aliphatic hydroxyl groups is 1. The Morgan fingerprint density at radius 1 is 1.25 bits per heavy atom. The van der Waals surface area contributed by atoms with Crippen LogP contribution in [0.3, 0.4) is 0 Å². The highest BCUT2D eigenvalue weighted by Crippen LogP contribution is 2.27. The first-order valence-corrected chi connectivity index (χ1v) is 5.57. The van der Waals surface area contributed by atoms with Gasteiger partial charge in [0.15, 0.2) is 0 Å². The molecule has 1 aromatic heterocycles. The van der Waals surface area contributed by atoms with Gasteiger partial charge in [-0.15, -0.1) is 0 Å². The van der Waals surface area contributed by atoms with E-state index in [2.05, 4.69) is 24.5 Å². The van der Waals surface area contributed by atoms with Gasteiger partial charge in [-0.3, -0.25) is 0 Å². The molecule has 0 saturated heterocycles. The standard InChI is InChI=1S/C13H17NO2/c1-9(2)14-11(5-6-15)7-10-3-4-12(16)8-13(10)14/h3-4,7-9,15-16H,5-6H2,1-2H3. The Morgan fingerprint density at radius 2 is 2.00 bits per heavy atom. The molecule has 0 fully saturated rings. The highest BCUT2D eigenvalue weighted by molar-refractivity contribution is 5.83. The fourth-order valence-corrected chi connectivity index (χ4v) is 2.18. The maximum absolute atomic E-state index is 9.51. The fourth-order valence-electron chi connectivity index (χ4n) is 2.18. The molecule has 0 aliphatic heterocycles. The Morgan fingerprint density at radius 3 is 2.62 bits per heavy atom. The van der Waals surface area contributed by atoms with Crippen molar-refractivity contribution in [3.05, 3.63) is 30.0 Å². The number of phenolic OH excluding ortho intramolecular Hbond substituents is 1. The maximum Gasteiger partial charge on any atom is 0.117 e. The van der Waals surface area contributed by atoms with Crippen molar-refractivity contribution in [2.75, 3.05) is 6.61 Å². The first-order chi connectivity index (χ1) is 7.63. The maximum atomic E-state index is 9.51. The molecule has 0 aliphatic carbocycles. The lowest BCUT2D eigenvalue weighted by Gasteiger charge is -2.14. The molecular formula is C13H17NO2. The summed E-state index contributed by atoms with van der Waals surface area (Å²) >= 11 is 0. The number of benzene rings is 1. The summed E-state index contributed by atoms with van der Waals surface area (Å²) in [6, 6.07) is 7.77. The molecule has 1 heterocycles. The molecule has 0 spiro atoms. The molecule has 0 amide bonds. The molecule has 2 N–H and O–H groups in total. The van der Waals surface area contributed by atoms with Crippen LogP contribution in [0.15, 0.2) is 24.3 Å². The van der Waals surface area contributed by atoms with Crippen LogP contribution in [0.5, 0.6) is 5.75 Å². The van der Waals surface area contributed by atoms with Gasteiger partial charge in [0.25, 0.3) is 0 Å². The van der Waals surface area contributed by atoms with Gasteiger partial charge in [-0.2, -0.15) is 0 Å². The molecule has 2 aromatic rings. The lowest BCUT2D eigenvalue weighted by molar-refractivity contribution is 0.296. The van der Waals surface area contributed by atoms with E-state index in [-0.39, 0.29) is 12.4 Å². The lowest BCUT2D eigenvalue weighted by atomic mass is 10.2. The van der Waals surface area contributed by atoms with E-state index in [0.717, 1.165) is 16.6 Å². The molecule has 0 atom stereocenters. The van der Waals surface area contributed by atoms with Crippen molar-refractivity contribution < 1.29 is 10.2 Å². The first-order valence-electron chi connectivity index (χ1n) is 5.57. The van der Waals surface area contributed by atoms with E-state index >= 15 is 0 Å². The number of nitrogens with zero attached hydrogens (tertiary/aromatic N) is 1. The summed E-state index contributed by atoms with van der Waals surface area (Å²) in [5, 5.41) is 19.7. The Balaban J connectivity index is 2.67. The third-order valence-electron chi connectivity index (χ3n) is 2.79. The van der Waals surface area contributed by atoms with Gasteiger partial charge in [0.2, 0.25) is 0 Å². The van der Waals surface area contributed by atoms with Crippen molar-refractivity contribution >= 4 is 10.9 Å². The largest absolute Gasteiger partial charge is 0.508 e. The Labute approximate surface area is 94.9 Å². The summed E-state index contributed by atoms with van der Waals surface area (Å²) in [4.78, 5) is 0. The van der Waals surface area contributed by atoms with E-state index < -0.39 is 0 Å². The van der Waals surface area contributed by atoms with Gasteiger partial charge in [-0.05, 0) is 32.0 Å².